The Morgan fingerprint density at radius 2 is 2.04 bits per heavy atom. The molecular formula is C18H21N5OS. The van der Waals surface area contributed by atoms with Gasteiger partial charge in [0.25, 0.3) is 0 Å². The van der Waals surface area contributed by atoms with E-state index >= 15 is 0 Å². The van der Waals surface area contributed by atoms with Crippen molar-refractivity contribution in [1.29, 1.82) is 0 Å². The third-order valence-corrected chi connectivity index (χ3v) is 5.39. The molecule has 2 aromatic rings. The van der Waals surface area contributed by atoms with Gasteiger partial charge in [-0.1, -0.05) is 18.9 Å². The van der Waals surface area contributed by atoms with Crippen molar-refractivity contribution in [3.05, 3.63) is 47.9 Å². The molecule has 1 aliphatic carbocycles. The van der Waals surface area contributed by atoms with E-state index in [1.807, 2.05) is 24.4 Å². The molecule has 4 rings (SSSR count). The fraction of sp³-hybridized carbons (Fsp3) is 0.389. The van der Waals surface area contributed by atoms with Crippen molar-refractivity contribution in [3.8, 4) is 5.75 Å². The Morgan fingerprint density at radius 1 is 1.16 bits per heavy atom. The second-order valence-corrected chi connectivity index (χ2v) is 6.98. The monoisotopic (exact) mass is 355 g/mol. The number of hydrogen-bond donors (Lipinski definition) is 2. The minimum atomic E-state index is -0.821. The summed E-state index contributed by atoms with van der Waals surface area (Å²) in [4.78, 5) is 13.6. The second kappa shape index (κ2) is 7.01. The van der Waals surface area contributed by atoms with Crippen molar-refractivity contribution in [2.75, 3.05) is 12.4 Å². The molecule has 2 aromatic heterocycles. The van der Waals surface area contributed by atoms with Crippen molar-refractivity contribution in [3.63, 3.8) is 0 Å². The molecule has 0 radical (unpaired) electrons. The summed E-state index contributed by atoms with van der Waals surface area (Å²) >= 11 is 1.43. The molecule has 3 heterocycles. The van der Waals surface area contributed by atoms with Crippen LogP contribution >= 0.6 is 11.9 Å². The molecule has 130 valence electrons. The van der Waals surface area contributed by atoms with Crippen LogP contribution in [0.5, 0.6) is 5.75 Å². The Kier molecular flexibility index (Phi) is 4.59. The molecule has 6 nitrogen and oxygen atoms in total. The molecule has 2 N–H and O–H groups in total. The van der Waals surface area contributed by atoms with Crippen LogP contribution in [0.25, 0.3) is 0 Å². The average Bonchev–Trinajstić information content (AvgIpc) is 3.35. The minimum absolute atomic E-state index is 0.664. The van der Waals surface area contributed by atoms with Crippen LogP contribution in [-0.2, 0) is 5.79 Å². The highest BCUT2D eigenvalue weighted by Gasteiger charge is 2.36. The van der Waals surface area contributed by atoms with E-state index in [0.29, 0.717) is 11.7 Å². The van der Waals surface area contributed by atoms with Crippen LogP contribution in [0.4, 0.5) is 5.82 Å². The van der Waals surface area contributed by atoms with Gasteiger partial charge in [0.1, 0.15) is 17.3 Å². The smallest absolute Gasteiger partial charge is 0.240 e. The van der Waals surface area contributed by atoms with Gasteiger partial charge in [-0.05, 0) is 54.5 Å². The third kappa shape index (κ3) is 3.34. The van der Waals surface area contributed by atoms with E-state index in [2.05, 4.69) is 31.1 Å². The van der Waals surface area contributed by atoms with E-state index in [-0.39, 0.29) is 0 Å². The average molecular weight is 355 g/mol. The summed E-state index contributed by atoms with van der Waals surface area (Å²) in [7, 11) is 1.63. The van der Waals surface area contributed by atoms with Gasteiger partial charge in [-0.2, -0.15) is 0 Å². The van der Waals surface area contributed by atoms with Gasteiger partial charge in [0.2, 0.25) is 5.79 Å². The summed E-state index contributed by atoms with van der Waals surface area (Å²) in [6.45, 7) is 0. The van der Waals surface area contributed by atoms with E-state index in [9.17, 15) is 0 Å². The molecular weight excluding hydrogens is 334 g/mol. The largest absolute Gasteiger partial charge is 0.495 e. The van der Waals surface area contributed by atoms with Crippen LogP contribution < -0.4 is 14.8 Å². The first-order chi connectivity index (χ1) is 12.3. The molecule has 1 fully saturated rings. The Hall–Kier alpha value is -2.12. The molecule has 1 aliphatic heterocycles. The maximum absolute atomic E-state index is 5.19. The number of pyridine rings is 2. The Labute approximate surface area is 151 Å². The Bertz CT molecular complexity index is 743. The standard InChI is InChI=1S/C18H21N5OS/c1-24-15-7-8-16(19-11-15)18(21-12-25-23-18)22-17-9-6-14(10-20-17)13-4-2-3-5-13/h6-13,23H,2-5H2,1H3,(H,20,22). The summed E-state index contributed by atoms with van der Waals surface area (Å²) < 4.78 is 8.47. The van der Waals surface area contributed by atoms with Crippen molar-refractivity contribution in [1.82, 2.24) is 14.7 Å². The normalized spacial score (nSPS) is 23.1. The van der Waals surface area contributed by atoms with E-state index in [4.69, 9.17) is 4.74 Å². The van der Waals surface area contributed by atoms with Crippen molar-refractivity contribution in [2.45, 2.75) is 37.4 Å². The van der Waals surface area contributed by atoms with Crippen LogP contribution in [0.15, 0.2) is 41.7 Å². The Morgan fingerprint density at radius 3 is 2.64 bits per heavy atom. The van der Waals surface area contributed by atoms with E-state index < -0.39 is 5.79 Å². The van der Waals surface area contributed by atoms with Gasteiger partial charge in [0.05, 0.1) is 18.9 Å². The van der Waals surface area contributed by atoms with Crippen molar-refractivity contribution in [2.24, 2.45) is 4.99 Å². The molecule has 7 heteroatoms. The zero-order chi connectivity index (χ0) is 17.1. The van der Waals surface area contributed by atoms with Gasteiger partial charge in [-0.15, -0.1) is 0 Å². The summed E-state index contributed by atoms with van der Waals surface area (Å²) in [6.07, 6.45) is 8.88. The molecule has 0 bridgehead atoms. The van der Waals surface area contributed by atoms with E-state index in [1.54, 1.807) is 18.9 Å². The van der Waals surface area contributed by atoms with Crippen LogP contribution in [0.2, 0.25) is 0 Å². The maximum atomic E-state index is 5.19. The zero-order valence-electron chi connectivity index (χ0n) is 14.1. The number of nitrogens with zero attached hydrogens (tertiary/aromatic N) is 3. The number of nitrogens with one attached hydrogen (secondary N) is 2. The first-order valence-electron chi connectivity index (χ1n) is 8.50. The van der Waals surface area contributed by atoms with Gasteiger partial charge in [-0.25, -0.2) is 14.7 Å². The molecule has 0 spiro atoms. The first-order valence-corrected chi connectivity index (χ1v) is 9.38. The van der Waals surface area contributed by atoms with Gasteiger partial charge in [-0.3, -0.25) is 4.98 Å². The summed E-state index contributed by atoms with van der Waals surface area (Å²) in [5.74, 6) is 1.33. The number of methoxy groups -OCH3 is 1. The van der Waals surface area contributed by atoms with Gasteiger partial charge < -0.3 is 10.1 Å². The third-order valence-electron chi connectivity index (χ3n) is 4.77. The zero-order valence-corrected chi connectivity index (χ0v) is 14.9. The Balaban J connectivity index is 1.56. The quantitative estimate of drug-likeness (QED) is 0.798. The lowest BCUT2D eigenvalue weighted by atomic mass is 10.00. The van der Waals surface area contributed by atoms with Crippen molar-refractivity contribution >= 4 is 23.3 Å². The minimum Gasteiger partial charge on any atom is -0.495 e. The van der Waals surface area contributed by atoms with Crippen LogP contribution in [0, 0.1) is 0 Å². The van der Waals surface area contributed by atoms with Crippen LogP contribution in [0.3, 0.4) is 0 Å². The topological polar surface area (TPSA) is 71.4 Å². The van der Waals surface area contributed by atoms with Gasteiger partial charge in [0.15, 0.2) is 0 Å². The van der Waals surface area contributed by atoms with Crippen molar-refractivity contribution < 1.29 is 4.74 Å². The number of aliphatic imine (C=N–C) groups is 1. The predicted octanol–water partition coefficient (Wildman–Crippen LogP) is 3.64. The first kappa shape index (κ1) is 16.4. The highest BCUT2D eigenvalue weighted by molar-refractivity contribution is 8.10. The SMILES string of the molecule is COc1ccc(C2(Nc3ccc(C4CCCC4)cn3)N=CSN2)nc1. The van der Waals surface area contributed by atoms with Crippen LogP contribution in [-0.4, -0.2) is 22.6 Å². The van der Waals surface area contributed by atoms with Gasteiger partial charge >= 0.3 is 0 Å². The van der Waals surface area contributed by atoms with E-state index in [1.165, 1.54) is 43.2 Å². The lowest BCUT2D eigenvalue weighted by molar-refractivity contribution is 0.410. The second-order valence-electron chi connectivity index (χ2n) is 6.33. The molecule has 1 atom stereocenters. The maximum Gasteiger partial charge on any atom is 0.240 e. The highest BCUT2D eigenvalue weighted by atomic mass is 32.2. The fourth-order valence-electron chi connectivity index (χ4n) is 3.36. The summed E-state index contributed by atoms with van der Waals surface area (Å²) in [5.41, 5.74) is 3.86. The summed E-state index contributed by atoms with van der Waals surface area (Å²) in [6, 6.07) is 7.98. The number of rotatable bonds is 5. The number of anilines is 1. The molecule has 0 saturated heterocycles. The fourth-order valence-corrected chi connectivity index (χ4v) is 4.01. The lowest BCUT2D eigenvalue weighted by Gasteiger charge is -2.27. The highest BCUT2D eigenvalue weighted by Crippen LogP contribution is 2.35. The number of aromatic nitrogens is 2. The molecule has 2 aliphatic rings. The molecule has 0 aromatic carbocycles. The number of ether oxygens (including phenoxy) is 1. The predicted molar refractivity (Wildman–Crippen MR) is 101 cm³/mol. The molecule has 1 unspecified atom stereocenters. The van der Waals surface area contributed by atoms with Gasteiger partial charge in [0, 0.05) is 6.20 Å². The lowest BCUT2D eigenvalue weighted by Crippen LogP contribution is -2.42. The molecule has 25 heavy (non-hydrogen) atoms. The molecule has 1 saturated carbocycles. The summed E-state index contributed by atoms with van der Waals surface area (Å²) in [5, 5.41) is 3.38. The van der Waals surface area contributed by atoms with E-state index in [0.717, 1.165) is 11.5 Å². The van der Waals surface area contributed by atoms with Crippen LogP contribution in [0.1, 0.15) is 42.9 Å². The number of hydrogen-bond acceptors (Lipinski definition) is 7. The molecule has 0 amide bonds.